The van der Waals surface area contributed by atoms with Crippen LogP contribution >= 0.6 is 11.3 Å². The Labute approximate surface area is 98.1 Å². The standard InChI is InChI=1S/C10H15N3O2S/c1-7(14)8-6-16-10(12-8)13-9(15)4-2-3-5-11/h6H,2-5,11H2,1H3,(H,12,13,15). The van der Waals surface area contributed by atoms with Gasteiger partial charge < -0.3 is 11.1 Å². The molecule has 3 N–H and O–H groups in total. The van der Waals surface area contributed by atoms with Gasteiger partial charge in [0, 0.05) is 18.7 Å². The number of aromatic nitrogens is 1. The van der Waals surface area contributed by atoms with Gasteiger partial charge in [-0.05, 0) is 19.4 Å². The molecule has 0 aliphatic rings. The molecule has 0 bridgehead atoms. The Bertz CT molecular complexity index is 376. The van der Waals surface area contributed by atoms with E-state index < -0.39 is 0 Å². The number of rotatable bonds is 6. The van der Waals surface area contributed by atoms with Crippen LogP contribution in [-0.2, 0) is 4.79 Å². The van der Waals surface area contributed by atoms with Crippen LogP contribution < -0.4 is 11.1 Å². The molecule has 0 spiro atoms. The van der Waals surface area contributed by atoms with Crippen LogP contribution in [0.2, 0.25) is 0 Å². The summed E-state index contributed by atoms with van der Waals surface area (Å²) in [7, 11) is 0. The Kier molecular flexibility index (Phi) is 5.07. The van der Waals surface area contributed by atoms with Crippen molar-refractivity contribution in [2.24, 2.45) is 5.73 Å². The van der Waals surface area contributed by atoms with Crippen LogP contribution in [0.5, 0.6) is 0 Å². The zero-order valence-corrected chi connectivity index (χ0v) is 9.97. The van der Waals surface area contributed by atoms with Gasteiger partial charge in [0.25, 0.3) is 0 Å². The van der Waals surface area contributed by atoms with Crippen molar-refractivity contribution in [3.63, 3.8) is 0 Å². The normalized spacial score (nSPS) is 10.1. The number of carbonyl (C=O) groups is 2. The van der Waals surface area contributed by atoms with Gasteiger partial charge in [-0.15, -0.1) is 11.3 Å². The predicted molar refractivity (Wildman–Crippen MR) is 63.7 cm³/mol. The highest BCUT2D eigenvalue weighted by molar-refractivity contribution is 7.14. The molecule has 0 fully saturated rings. The maximum Gasteiger partial charge on any atom is 0.226 e. The van der Waals surface area contributed by atoms with E-state index >= 15 is 0 Å². The van der Waals surface area contributed by atoms with Crippen LogP contribution in [0, 0.1) is 0 Å². The first-order valence-corrected chi connectivity index (χ1v) is 5.98. The molecule has 0 saturated heterocycles. The Morgan fingerprint density at radius 3 is 2.81 bits per heavy atom. The first-order valence-electron chi connectivity index (χ1n) is 5.10. The van der Waals surface area contributed by atoms with Crippen LogP contribution in [0.3, 0.4) is 0 Å². The number of thiazole rings is 1. The number of anilines is 1. The quantitative estimate of drug-likeness (QED) is 0.582. The number of Topliss-reactive ketones (excluding diaryl/α,β-unsaturated/α-hetero) is 1. The van der Waals surface area contributed by atoms with Crippen molar-refractivity contribution in [1.82, 2.24) is 4.98 Å². The van der Waals surface area contributed by atoms with Crippen molar-refractivity contribution in [1.29, 1.82) is 0 Å². The van der Waals surface area contributed by atoms with Gasteiger partial charge in [0.15, 0.2) is 10.9 Å². The monoisotopic (exact) mass is 241 g/mol. The van der Waals surface area contributed by atoms with E-state index in [0.29, 0.717) is 23.8 Å². The minimum atomic E-state index is -0.0973. The van der Waals surface area contributed by atoms with Crippen molar-refractivity contribution in [2.45, 2.75) is 26.2 Å². The summed E-state index contributed by atoms with van der Waals surface area (Å²) in [5.74, 6) is -0.183. The third-order valence-electron chi connectivity index (χ3n) is 1.97. The molecule has 6 heteroatoms. The Morgan fingerprint density at radius 2 is 2.25 bits per heavy atom. The molecule has 0 saturated carbocycles. The van der Waals surface area contributed by atoms with Gasteiger partial charge >= 0.3 is 0 Å². The maximum absolute atomic E-state index is 11.4. The van der Waals surface area contributed by atoms with Gasteiger partial charge in [-0.25, -0.2) is 4.98 Å². The number of nitrogens with one attached hydrogen (secondary N) is 1. The van der Waals surface area contributed by atoms with Gasteiger partial charge in [-0.1, -0.05) is 0 Å². The van der Waals surface area contributed by atoms with Gasteiger partial charge in [0.2, 0.25) is 5.91 Å². The lowest BCUT2D eigenvalue weighted by atomic mass is 10.2. The fourth-order valence-electron chi connectivity index (χ4n) is 1.10. The zero-order chi connectivity index (χ0) is 12.0. The third kappa shape index (κ3) is 4.08. The summed E-state index contributed by atoms with van der Waals surface area (Å²) < 4.78 is 0. The highest BCUT2D eigenvalue weighted by Crippen LogP contribution is 2.16. The van der Waals surface area contributed by atoms with Crippen LogP contribution in [0.25, 0.3) is 0 Å². The van der Waals surface area contributed by atoms with Crippen LogP contribution in [-0.4, -0.2) is 23.2 Å². The molecule has 1 amide bonds. The molecule has 0 aromatic carbocycles. The molecule has 0 aliphatic heterocycles. The molecule has 0 atom stereocenters. The molecule has 1 rings (SSSR count). The van der Waals surface area contributed by atoms with Crippen molar-refractivity contribution >= 4 is 28.2 Å². The molecule has 16 heavy (non-hydrogen) atoms. The summed E-state index contributed by atoms with van der Waals surface area (Å²) in [5.41, 5.74) is 5.72. The lowest BCUT2D eigenvalue weighted by Crippen LogP contribution is -2.12. The number of carbonyl (C=O) groups excluding carboxylic acids is 2. The number of hydrogen-bond donors (Lipinski definition) is 2. The number of nitrogens with two attached hydrogens (primary N) is 1. The lowest BCUT2D eigenvalue weighted by molar-refractivity contribution is -0.116. The van der Waals surface area contributed by atoms with Gasteiger partial charge in [0.1, 0.15) is 5.69 Å². The van der Waals surface area contributed by atoms with E-state index in [2.05, 4.69) is 10.3 Å². The number of nitrogens with zero attached hydrogens (tertiary/aromatic N) is 1. The average molecular weight is 241 g/mol. The number of unbranched alkanes of at least 4 members (excludes halogenated alkanes) is 1. The highest BCUT2D eigenvalue weighted by Gasteiger charge is 2.08. The van der Waals surface area contributed by atoms with Gasteiger partial charge in [-0.2, -0.15) is 0 Å². The first-order chi connectivity index (χ1) is 7.63. The minimum absolute atomic E-state index is 0.0853. The fourth-order valence-corrected chi connectivity index (χ4v) is 1.87. The molecule has 1 aromatic rings. The summed E-state index contributed by atoms with van der Waals surface area (Å²) in [6.45, 7) is 2.04. The molecule has 0 aliphatic carbocycles. The van der Waals surface area contributed by atoms with Crippen LogP contribution in [0.1, 0.15) is 36.7 Å². The van der Waals surface area contributed by atoms with Crippen molar-refractivity contribution in [2.75, 3.05) is 11.9 Å². The predicted octanol–water partition coefficient (Wildman–Crippen LogP) is 1.41. The molecule has 0 unspecified atom stereocenters. The van der Waals surface area contributed by atoms with Gasteiger partial charge in [-0.3, -0.25) is 9.59 Å². The van der Waals surface area contributed by atoms with Gasteiger partial charge in [0.05, 0.1) is 0 Å². The molecule has 1 heterocycles. The molecular weight excluding hydrogens is 226 g/mol. The summed E-state index contributed by atoms with van der Waals surface area (Å²) in [6, 6.07) is 0. The molecular formula is C10H15N3O2S. The lowest BCUT2D eigenvalue weighted by Gasteiger charge is -2.00. The van der Waals surface area contributed by atoms with E-state index in [1.807, 2.05) is 0 Å². The third-order valence-corrected chi connectivity index (χ3v) is 2.73. The van der Waals surface area contributed by atoms with Crippen molar-refractivity contribution < 1.29 is 9.59 Å². The highest BCUT2D eigenvalue weighted by atomic mass is 32.1. The van der Waals surface area contributed by atoms with Crippen molar-refractivity contribution in [3.05, 3.63) is 11.1 Å². The van der Waals surface area contributed by atoms with E-state index in [1.54, 1.807) is 5.38 Å². The molecule has 88 valence electrons. The summed E-state index contributed by atoms with van der Waals surface area (Å²) in [4.78, 5) is 26.4. The Hall–Kier alpha value is -1.27. The second-order valence-electron chi connectivity index (χ2n) is 3.39. The summed E-state index contributed by atoms with van der Waals surface area (Å²) in [5, 5.41) is 4.76. The maximum atomic E-state index is 11.4. The summed E-state index contributed by atoms with van der Waals surface area (Å²) in [6.07, 6.45) is 2.05. The van der Waals surface area contributed by atoms with E-state index in [1.165, 1.54) is 18.3 Å². The van der Waals surface area contributed by atoms with Crippen molar-refractivity contribution in [3.8, 4) is 0 Å². The summed E-state index contributed by atoms with van der Waals surface area (Å²) >= 11 is 1.26. The fraction of sp³-hybridized carbons (Fsp3) is 0.500. The number of ketones is 1. The van der Waals surface area contributed by atoms with E-state index in [-0.39, 0.29) is 11.7 Å². The van der Waals surface area contributed by atoms with E-state index in [0.717, 1.165) is 12.8 Å². The molecule has 1 aromatic heterocycles. The zero-order valence-electron chi connectivity index (χ0n) is 9.16. The van der Waals surface area contributed by atoms with Crippen LogP contribution in [0.4, 0.5) is 5.13 Å². The van der Waals surface area contributed by atoms with Crippen LogP contribution in [0.15, 0.2) is 5.38 Å². The Morgan fingerprint density at radius 1 is 1.50 bits per heavy atom. The molecule has 0 radical (unpaired) electrons. The smallest absolute Gasteiger partial charge is 0.226 e. The van der Waals surface area contributed by atoms with E-state index in [4.69, 9.17) is 5.73 Å². The minimum Gasteiger partial charge on any atom is -0.330 e. The SMILES string of the molecule is CC(=O)c1csc(NC(=O)CCCCN)n1. The van der Waals surface area contributed by atoms with E-state index in [9.17, 15) is 9.59 Å². The number of hydrogen-bond acceptors (Lipinski definition) is 5. The Balaban J connectivity index is 2.40. The largest absolute Gasteiger partial charge is 0.330 e. The number of amides is 1. The molecule has 5 nitrogen and oxygen atoms in total. The first kappa shape index (κ1) is 12.8. The second kappa shape index (κ2) is 6.34. The second-order valence-corrected chi connectivity index (χ2v) is 4.25. The average Bonchev–Trinajstić information content (AvgIpc) is 2.66. The topological polar surface area (TPSA) is 85.1 Å².